The molecule has 52 heavy (non-hydrogen) atoms. The van der Waals surface area contributed by atoms with Crippen LogP contribution in [0.15, 0.2) is 109 Å². The van der Waals surface area contributed by atoms with Crippen molar-refractivity contribution < 1.29 is 24.2 Å². The van der Waals surface area contributed by atoms with Crippen molar-refractivity contribution in [1.29, 1.82) is 0 Å². The molecule has 0 aromatic carbocycles. The van der Waals surface area contributed by atoms with E-state index < -0.39 is 6.10 Å². The molecule has 0 aromatic heterocycles. The summed E-state index contributed by atoms with van der Waals surface area (Å²) in [6, 6.07) is 0. The smallest absolute Gasteiger partial charge is 0.306 e. The summed E-state index contributed by atoms with van der Waals surface area (Å²) in [5.41, 5.74) is 0. The van der Waals surface area contributed by atoms with E-state index in [1.54, 1.807) is 0 Å². The molecule has 0 aliphatic heterocycles. The van der Waals surface area contributed by atoms with Crippen molar-refractivity contribution in [3.8, 4) is 0 Å². The molecule has 0 aliphatic carbocycles. The Morgan fingerprint density at radius 1 is 0.462 bits per heavy atom. The molecule has 0 spiro atoms. The van der Waals surface area contributed by atoms with Crippen LogP contribution in [0, 0.1) is 0 Å². The quantitative estimate of drug-likeness (QED) is 0.0401. The number of carbonyl (C=O) groups is 2. The lowest BCUT2D eigenvalue weighted by atomic mass is 10.1. The van der Waals surface area contributed by atoms with E-state index in [0.717, 1.165) is 103 Å². The SMILES string of the molecule is CC/C=C\C/C=C\C/C=C\C/C=C\C/C=C\CCCCCC(=O)OC[C@H](CO)OC(=O)CCCCC/C=C\C/C=C\C/C=C\C/C=C\CCCCC. The Morgan fingerprint density at radius 3 is 1.21 bits per heavy atom. The van der Waals surface area contributed by atoms with Gasteiger partial charge in [-0.1, -0.05) is 149 Å². The van der Waals surface area contributed by atoms with E-state index in [4.69, 9.17) is 9.47 Å². The van der Waals surface area contributed by atoms with E-state index in [0.29, 0.717) is 12.8 Å². The summed E-state index contributed by atoms with van der Waals surface area (Å²) >= 11 is 0. The zero-order valence-corrected chi connectivity index (χ0v) is 33.0. The summed E-state index contributed by atoms with van der Waals surface area (Å²) in [4.78, 5) is 24.3. The maximum absolute atomic E-state index is 12.2. The number of unbranched alkanes of at least 4 members (excludes halogenated alkanes) is 9. The lowest BCUT2D eigenvalue weighted by Gasteiger charge is -2.15. The van der Waals surface area contributed by atoms with E-state index in [-0.39, 0.29) is 25.2 Å². The summed E-state index contributed by atoms with van der Waals surface area (Å²) in [7, 11) is 0. The average Bonchev–Trinajstić information content (AvgIpc) is 3.15. The monoisotopic (exact) mass is 719 g/mol. The Hall–Kier alpha value is -3.44. The highest BCUT2D eigenvalue weighted by atomic mass is 16.6. The molecular formula is C47H74O5. The molecule has 0 aliphatic rings. The highest BCUT2D eigenvalue weighted by Gasteiger charge is 2.16. The molecule has 0 bridgehead atoms. The number of aliphatic hydroxyl groups excluding tert-OH is 1. The zero-order chi connectivity index (χ0) is 37.8. The standard InChI is InChI=1S/C47H74O5/c1-3-5-7-9-11-13-15-17-19-21-23-25-27-29-31-33-35-37-39-41-46(49)51-44-45(43-48)52-47(50)42-40-38-36-34-32-30-28-26-24-22-20-18-16-14-12-10-8-6-4-2/h5,7,11-14,17-20,23-26,29-32,45,48H,3-4,6,8-10,15-16,21-22,27-28,33-44H2,1-2H3/b7-5-,13-11-,14-12-,19-17-,20-18-,25-23-,26-24-,31-29-,32-30-/t45-/m0/s1. The minimum absolute atomic E-state index is 0.104. The first-order valence-electron chi connectivity index (χ1n) is 20.4. The molecule has 5 nitrogen and oxygen atoms in total. The summed E-state index contributed by atoms with van der Waals surface area (Å²) in [6.07, 6.45) is 60.0. The van der Waals surface area contributed by atoms with Gasteiger partial charge in [0, 0.05) is 12.8 Å². The third kappa shape index (κ3) is 39.3. The minimum atomic E-state index is -0.810. The van der Waals surface area contributed by atoms with Crippen LogP contribution in [-0.2, 0) is 19.1 Å². The van der Waals surface area contributed by atoms with Crippen LogP contribution >= 0.6 is 0 Å². The highest BCUT2D eigenvalue weighted by molar-refractivity contribution is 5.70. The van der Waals surface area contributed by atoms with Gasteiger partial charge in [0.15, 0.2) is 6.10 Å². The molecule has 0 amide bonds. The Bertz CT molecular complexity index is 1090. The molecule has 0 saturated carbocycles. The van der Waals surface area contributed by atoms with Gasteiger partial charge in [-0.25, -0.2) is 0 Å². The van der Waals surface area contributed by atoms with Crippen LogP contribution in [0.3, 0.4) is 0 Å². The number of ether oxygens (including phenoxy) is 2. The fraction of sp³-hybridized carbons (Fsp3) is 0.574. The van der Waals surface area contributed by atoms with Gasteiger partial charge in [-0.3, -0.25) is 9.59 Å². The molecule has 0 unspecified atom stereocenters. The summed E-state index contributed by atoms with van der Waals surface area (Å²) in [5.74, 6) is -0.677. The normalized spacial score (nSPS) is 13.4. The third-order valence-electron chi connectivity index (χ3n) is 8.05. The second-order valence-electron chi connectivity index (χ2n) is 13.0. The van der Waals surface area contributed by atoms with Crippen molar-refractivity contribution in [2.45, 2.75) is 161 Å². The van der Waals surface area contributed by atoms with Gasteiger partial charge in [0.25, 0.3) is 0 Å². The Kier molecular flexibility index (Phi) is 39.2. The van der Waals surface area contributed by atoms with Crippen LogP contribution in [0.2, 0.25) is 0 Å². The number of esters is 2. The number of hydrogen-bond acceptors (Lipinski definition) is 5. The lowest BCUT2D eigenvalue weighted by molar-refractivity contribution is -0.161. The van der Waals surface area contributed by atoms with E-state index in [9.17, 15) is 14.7 Å². The van der Waals surface area contributed by atoms with Gasteiger partial charge in [-0.2, -0.15) is 0 Å². The first-order valence-corrected chi connectivity index (χ1v) is 20.4. The number of allylic oxidation sites excluding steroid dienone is 18. The molecule has 292 valence electrons. The van der Waals surface area contributed by atoms with Crippen molar-refractivity contribution >= 4 is 11.9 Å². The van der Waals surface area contributed by atoms with Gasteiger partial charge in [-0.05, 0) is 103 Å². The Labute approximate surface area is 319 Å². The highest BCUT2D eigenvalue weighted by Crippen LogP contribution is 2.09. The van der Waals surface area contributed by atoms with Crippen LogP contribution in [0.1, 0.15) is 155 Å². The van der Waals surface area contributed by atoms with Crippen molar-refractivity contribution in [3.05, 3.63) is 109 Å². The number of carbonyl (C=O) groups excluding carboxylic acids is 2. The lowest BCUT2D eigenvalue weighted by Crippen LogP contribution is -2.28. The molecule has 0 heterocycles. The van der Waals surface area contributed by atoms with E-state index >= 15 is 0 Å². The third-order valence-corrected chi connectivity index (χ3v) is 8.05. The molecule has 5 heteroatoms. The molecule has 0 rings (SSSR count). The van der Waals surface area contributed by atoms with Gasteiger partial charge in [0.05, 0.1) is 6.61 Å². The van der Waals surface area contributed by atoms with Crippen molar-refractivity contribution in [2.75, 3.05) is 13.2 Å². The second kappa shape index (κ2) is 42.0. The van der Waals surface area contributed by atoms with Crippen molar-refractivity contribution in [3.63, 3.8) is 0 Å². The summed E-state index contributed by atoms with van der Waals surface area (Å²) in [5, 5.41) is 9.56. The number of aliphatic hydroxyl groups is 1. The van der Waals surface area contributed by atoms with Crippen LogP contribution in [0.4, 0.5) is 0 Å². The topological polar surface area (TPSA) is 72.8 Å². The predicted molar refractivity (Wildman–Crippen MR) is 223 cm³/mol. The Morgan fingerprint density at radius 2 is 0.827 bits per heavy atom. The molecule has 1 N–H and O–H groups in total. The van der Waals surface area contributed by atoms with Gasteiger partial charge in [0.2, 0.25) is 0 Å². The van der Waals surface area contributed by atoms with E-state index in [1.807, 2.05) is 0 Å². The molecule has 0 radical (unpaired) electrons. The van der Waals surface area contributed by atoms with E-state index in [2.05, 4.69) is 123 Å². The first kappa shape index (κ1) is 48.6. The first-order chi connectivity index (χ1) is 25.6. The van der Waals surface area contributed by atoms with Gasteiger partial charge in [-0.15, -0.1) is 0 Å². The fourth-order valence-corrected chi connectivity index (χ4v) is 4.97. The second-order valence-corrected chi connectivity index (χ2v) is 13.0. The zero-order valence-electron chi connectivity index (χ0n) is 33.0. The Balaban J connectivity index is 3.74. The molecule has 1 atom stereocenters. The molecular weight excluding hydrogens is 645 g/mol. The van der Waals surface area contributed by atoms with Gasteiger partial charge < -0.3 is 14.6 Å². The minimum Gasteiger partial charge on any atom is -0.462 e. The van der Waals surface area contributed by atoms with Crippen LogP contribution in [0.5, 0.6) is 0 Å². The van der Waals surface area contributed by atoms with Gasteiger partial charge >= 0.3 is 11.9 Å². The van der Waals surface area contributed by atoms with E-state index in [1.165, 1.54) is 25.7 Å². The maximum atomic E-state index is 12.2. The molecule has 0 fully saturated rings. The van der Waals surface area contributed by atoms with Crippen molar-refractivity contribution in [2.24, 2.45) is 0 Å². The largest absolute Gasteiger partial charge is 0.462 e. The maximum Gasteiger partial charge on any atom is 0.306 e. The van der Waals surface area contributed by atoms with Crippen LogP contribution in [0.25, 0.3) is 0 Å². The number of rotatable bonds is 35. The average molecular weight is 719 g/mol. The fourth-order valence-electron chi connectivity index (χ4n) is 4.97. The van der Waals surface area contributed by atoms with Crippen LogP contribution < -0.4 is 0 Å². The van der Waals surface area contributed by atoms with Gasteiger partial charge in [0.1, 0.15) is 6.61 Å². The predicted octanol–water partition coefficient (Wildman–Crippen LogP) is 13.1. The summed E-state index contributed by atoms with van der Waals surface area (Å²) < 4.78 is 10.6. The number of hydrogen-bond donors (Lipinski definition) is 1. The molecule has 0 aromatic rings. The molecule has 0 saturated heterocycles. The van der Waals surface area contributed by atoms with Crippen molar-refractivity contribution in [1.82, 2.24) is 0 Å². The summed E-state index contributed by atoms with van der Waals surface area (Å²) in [6.45, 7) is 3.92. The van der Waals surface area contributed by atoms with Crippen LogP contribution in [-0.4, -0.2) is 36.4 Å².